The maximum atomic E-state index is 13.4. The number of ketones is 1. The molecular formula is C29H25ClN2O6S. The second kappa shape index (κ2) is 11.7. The molecule has 1 atom stereocenters. The van der Waals surface area contributed by atoms with E-state index in [-0.39, 0.29) is 27.9 Å². The fourth-order valence-electron chi connectivity index (χ4n) is 4.13. The lowest BCUT2D eigenvalue weighted by molar-refractivity contribution is -0.132. The van der Waals surface area contributed by atoms with E-state index in [1.54, 1.807) is 62.4 Å². The minimum atomic E-state index is -1.03. The molecule has 1 fully saturated rings. The van der Waals surface area contributed by atoms with E-state index >= 15 is 0 Å². The van der Waals surface area contributed by atoms with Gasteiger partial charge in [0, 0.05) is 10.6 Å². The van der Waals surface area contributed by atoms with Crippen LogP contribution in [0.2, 0.25) is 5.02 Å². The number of amides is 1. The van der Waals surface area contributed by atoms with Gasteiger partial charge in [-0.05, 0) is 55.3 Å². The van der Waals surface area contributed by atoms with Crippen LogP contribution in [0, 0.1) is 13.8 Å². The average molecular weight is 565 g/mol. The summed E-state index contributed by atoms with van der Waals surface area (Å²) in [5, 5.41) is 12.0. The van der Waals surface area contributed by atoms with Gasteiger partial charge in [-0.25, -0.2) is 9.78 Å². The molecule has 0 spiro atoms. The highest BCUT2D eigenvalue weighted by molar-refractivity contribution is 7.17. The fourth-order valence-corrected chi connectivity index (χ4v) is 5.24. The number of benzene rings is 2. The van der Waals surface area contributed by atoms with E-state index in [4.69, 9.17) is 21.1 Å². The number of carbonyl (C=O) groups excluding carboxylic acids is 3. The monoisotopic (exact) mass is 564 g/mol. The number of aromatic nitrogens is 1. The summed E-state index contributed by atoms with van der Waals surface area (Å²) in [6.07, 6.45) is 3.06. The van der Waals surface area contributed by atoms with Crippen molar-refractivity contribution >= 4 is 51.5 Å². The van der Waals surface area contributed by atoms with Gasteiger partial charge in [0.15, 0.2) is 5.13 Å². The number of ether oxygens (including phenoxy) is 2. The first-order chi connectivity index (χ1) is 18.7. The number of carbonyl (C=O) groups is 3. The molecule has 10 heteroatoms. The van der Waals surface area contributed by atoms with Crippen LogP contribution in [0.4, 0.5) is 5.13 Å². The molecule has 1 aliphatic rings. The van der Waals surface area contributed by atoms with Gasteiger partial charge >= 0.3 is 11.9 Å². The largest absolute Gasteiger partial charge is 0.507 e. The number of hydrogen-bond acceptors (Lipinski definition) is 8. The highest BCUT2D eigenvalue weighted by atomic mass is 35.5. The fraction of sp³-hybridized carbons (Fsp3) is 0.172. The van der Waals surface area contributed by atoms with Crippen molar-refractivity contribution in [2.75, 3.05) is 18.1 Å². The van der Waals surface area contributed by atoms with Crippen LogP contribution in [0.15, 0.2) is 73.3 Å². The van der Waals surface area contributed by atoms with Gasteiger partial charge in [0.2, 0.25) is 0 Å². The Bertz CT molecular complexity index is 1510. The third kappa shape index (κ3) is 5.50. The molecule has 1 aromatic heterocycles. The summed E-state index contributed by atoms with van der Waals surface area (Å²) < 4.78 is 10.7. The summed E-state index contributed by atoms with van der Waals surface area (Å²) in [6, 6.07) is 10.5. The molecule has 1 N–H and O–H groups in total. The number of anilines is 1. The van der Waals surface area contributed by atoms with Crippen LogP contribution in [0.25, 0.3) is 5.76 Å². The molecule has 8 nitrogen and oxygen atoms in total. The van der Waals surface area contributed by atoms with E-state index in [0.717, 1.165) is 16.9 Å². The molecule has 200 valence electrons. The first kappa shape index (κ1) is 27.8. The molecule has 0 bridgehead atoms. The molecule has 2 heterocycles. The summed E-state index contributed by atoms with van der Waals surface area (Å²) in [4.78, 5) is 45.1. The smallest absolute Gasteiger partial charge is 0.350 e. The van der Waals surface area contributed by atoms with Crippen molar-refractivity contribution < 1.29 is 29.0 Å². The van der Waals surface area contributed by atoms with Crippen LogP contribution in [0.3, 0.4) is 0 Å². The maximum Gasteiger partial charge on any atom is 0.350 e. The number of hydrogen-bond donors (Lipinski definition) is 1. The Kier molecular flexibility index (Phi) is 8.32. The van der Waals surface area contributed by atoms with E-state index < -0.39 is 23.7 Å². The predicted molar refractivity (Wildman–Crippen MR) is 150 cm³/mol. The second-order valence-corrected chi connectivity index (χ2v) is 10.0. The van der Waals surface area contributed by atoms with Crippen molar-refractivity contribution in [2.45, 2.75) is 19.9 Å². The van der Waals surface area contributed by atoms with Crippen molar-refractivity contribution in [1.82, 2.24) is 4.98 Å². The van der Waals surface area contributed by atoms with Crippen molar-refractivity contribution in [3.63, 3.8) is 0 Å². The SMILES string of the molecule is C=CCOC(=O)c1sc(N2C(=O)C(=O)C(=C(O)c3ccc(OCC=C)c(C)c3)[C@H]2c2ccc(Cl)cc2)nc1C. The quantitative estimate of drug-likeness (QED) is 0.113. The Hall–Kier alpha value is -4.21. The Labute approximate surface area is 234 Å². The molecule has 0 saturated carbocycles. The summed E-state index contributed by atoms with van der Waals surface area (Å²) in [5.74, 6) is -2.16. The summed E-state index contributed by atoms with van der Waals surface area (Å²) >= 11 is 7.02. The second-order valence-electron chi connectivity index (χ2n) is 8.60. The van der Waals surface area contributed by atoms with Crippen LogP contribution in [0.1, 0.15) is 38.1 Å². The van der Waals surface area contributed by atoms with Crippen LogP contribution in [-0.4, -0.2) is 41.0 Å². The van der Waals surface area contributed by atoms with Gasteiger partial charge in [0.1, 0.15) is 29.6 Å². The summed E-state index contributed by atoms with van der Waals surface area (Å²) in [6.45, 7) is 10.9. The predicted octanol–water partition coefficient (Wildman–Crippen LogP) is 5.95. The molecule has 2 aromatic carbocycles. The van der Waals surface area contributed by atoms with E-state index in [9.17, 15) is 19.5 Å². The molecule has 0 unspecified atom stereocenters. The van der Waals surface area contributed by atoms with Crippen molar-refractivity contribution in [3.05, 3.63) is 106 Å². The number of rotatable bonds is 9. The number of aliphatic hydroxyl groups is 1. The molecule has 1 amide bonds. The van der Waals surface area contributed by atoms with E-state index in [1.807, 2.05) is 0 Å². The Morgan fingerprint density at radius 3 is 2.46 bits per heavy atom. The minimum Gasteiger partial charge on any atom is -0.507 e. The lowest BCUT2D eigenvalue weighted by atomic mass is 9.95. The minimum absolute atomic E-state index is 0.0115. The molecule has 39 heavy (non-hydrogen) atoms. The topological polar surface area (TPSA) is 106 Å². The standard InChI is InChI=1S/C29H25ClN2O6S/c1-5-13-37-21-12-9-19(15-16(21)3)24(33)22-23(18-7-10-20(30)11-8-18)32(27(35)25(22)34)29-31-17(4)26(39-29)28(36)38-14-6-2/h5-12,15,23,33H,1-2,13-14H2,3-4H3/t23-/m1/s1. The normalized spacial score (nSPS) is 16.3. The van der Waals surface area contributed by atoms with E-state index in [0.29, 0.717) is 34.2 Å². The Morgan fingerprint density at radius 2 is 1.82 bits per heavy atom. The van der Waals surface area contributed by atoms with Gasteiger partial charge in [-0.15, -0.1) is 0 Å². The molecule has 0 radical (unpaired) electrons. The molecule has 3 aromatic rings. The molecule has 4 rings (SSSR count). The average Bonchev–Trinajstić information content (AvgIpc) is 3.43. The van der Waals surface area contributed by atoms with Gasteiger partial charge in [-0.2, -0.15) is 0 Å². The zero-order valence-electron chi connectivity index (χ0n) is 21.3. The number of nitrogens with zero attached hydrogens (tertiary/aromatic N) is 2. The highest BCUT2D eigenvalue weighted by Crippen LogP contribution is 2.44. The van der Waals surface area contributed by atoms with Crippen LogP contribution < -0.4 is 9.64 Å². The van der Waals surface area contributed by atoms with Gasteiger partial charge in [0.05, 0.1) is 17.3 Å². The van der Waals surface area contributed by atoms with Crippen LogP contribution in [0.5, 0.6) is 5.75 Å². The van der Waals surface area contributed by atoms with E-state index in [1.165, 1.54) is 11.0 Å². The zero-order chi connectivity index (χ0) is 28.3. The zero-order valence-corrected chi connectivity index (χ0v) is 22.8. The first-order valence-corrected chi connectivity index (χ1v) is 13.0. The molecule has 1 saturated heterocycles. The summed E-state index contributed by atoms with van der Waals surface area (Å²) in [7, 11) is 0. The Morgan fingerprint density at radius 1 is 1.13 bits per heavy atom. The number of Topliss-reactive ketones (excluding diaryl/α,β-unsaturated/α-hetero) is 1. The van der Waals surface area contributed by atoms with Crippen LogP contribution in [-0.2, 0) is 14.3 Å². The number of thiazole rings is 1. The lowest BCUT2D eigenvalue weighted by Gasteiger charge is -2.23. The third-order valence-corrected chi connectivity index (χ3v) is 7.33. The van der Waals surface area contributed by atoms with Gasteiger partial charge in [0.25, 0.3) is 5.78 Å². The van der Waals surface area contributed by atoms with E-state index in [2.05, 4.69) is 18.1 Å². The molecular weight excluding hydrogens is 540 g/mol. The molecule has 0 aliphatic carbocycles. The Balaban J connectivity index is 1.85. The van der Waals surface area contributed by atoms with Gasteiger partial charge in [-0.1, -0.05) is 60.4 Å². The molecule has 1 aliphatic heterocycles. The number of aliphatic hydroxyl groups excluding tert-OH is 1. The number of esters is 1. The number of halogens is 1. The van der Waals surface area contributed by atoms with Crippen molar-refractivity contribution in [2.24, 2.45) is 0 Å². The first-order valence-electron chi connectivity index (χ1n) is 11.8. The highest BCUT2D eigenvalue weighted by Gasteiger charge is 2.48. The third-order valence-electron chi connectivity index (χ3n) is 5.94. The number of aryl methyl sites for hydroxylation is 2. The maximum absolute atomic E-state index is 13.4. The summed E-state index contributed by atoms with van der Waals surface area (Å²) in [5.41, 5.74) is 1.79. The van der Waals surface area contributed by atoms with Gasteiger partial charge in [-0.3, -0.25) is 14.5 Å². The van der Waals surface area contributed by atoms with Crippen molar-refractivity contribution in [3.8, 4) is 5.75 Å². The van der Waals surface area contributed by atoms with Crippen LogP contribution >= 0.6 is 22.9 Å². The van der Waals surface area contributed by atoms with Gasteiger partial charge < -0.3 is 14.6 Å². The lowest BCUT2D eigenvalue weighted by Crippen LogP contribution is -2.29. The van der Waals surface area contributed by atoms with Crippen molar-refractivity contribution in [1.29, 1.82) is 0 Å².